The van der Waals surface area contributed by atoms with Crippen LogP contribution in [0.2, 0.25) is 19.6 Å². The molecule has 0 spiro atoms. The van der Waals surface area contributed by atoms with Crippen LogP contribution in [-0.2, 0) is 9.59 Å². The summed E-state index contributed by atoms with van der Waals surface area (Å²) in [5.41, 5.74) is -0.640. The standard InChI is InChI=1S/C11H20O4Si/c1-11(2,3)7(9(12)13)8(10(14)15)16(4,5)6/h1-6H3,(H,12,13)(H,14,15). The summed E-state index contributed by atoms with van der Waals surface area (Å²) in [6.07, 6.45) is 0. The van der Waals surface area contributed by atoms with Crippen LogP contribution < -0.4 is 0 Å². The zero-order chi connectivity index (χ0) is 13.3. The lowest BCUT2D eigenvalue weighted by Crippen LogP contribution is -2.36. The fourth-order valence-corrected chi connectivity index (χ4v) is 3.48. The molecule has 0 rings (SSSR count). The molecule has 0 aromatic rings. The summed E-state index contributed by atoms with van der Waals surface area (Å²) in [4.78, 5) is 22.5. The number of rotatable bonds is 3. The van der Waals surface area contributed by atoms with Crippen LogP contribution in [0.25, 0.3) is 0 Å². The SMILES string of the molecule is CC(C)(C)C(C(=O)O)=C(C(=O)O)[Si](C)(C)C. The Morgan fingerprint density at radius 3 is 1.38 bits per heavy atom. The Morgan fingerprint density at radius 1 is 0.938 bits per heavy atom. The van der Waals surface area contributed by atoms with Gasteiger partial charge in [-0.05, 0) is 5.41 Å². The minimum atomic E-state index is -2.19. The molecule has 0 unspecified atom stereocenters. The summed E-state index contributed by atoms with van der Waals surface area (Å²) in [6, 6.07) is 0. The third-order valence-corrected chi connectivity index (χ3v) is 4.14. The van der Waals surface area contributed by atoms with E-state index < -0.39 is 25.4 Å². The lowest BCUT2D eigenvalue weighted by molar-refractivity contribution is -0.136. The Balaban J connectivity index is 6.09. The van der Waals surface area contributed by atoms with Crippen molar-refractivity contribution in [3.63, 3.8) is 0 Å². The van der Waals surface area contributed by atoms with Gasteiger partial charge in [0.2, 0.25) is 0 Å². The lowest BCUT2D eigenvalue weighted by atomic mass is 9.86. The molecule has 0 saturated carbocycles. The van der Waals surface area contributed by atoms with Crippen LogP contribution in [0.1, 0.15) is 20.8 Å². The van der Waals surface area contributed by atoms with Crippen molar-refractivity contribution in [3.05, 3.63) is 10.8 Å². The van der Waals surface area contributed by atoms with Crippen LogP contribution in [0.5, 0.6) is 0 Å². The first-order chi connectivity index (χ1) is 6.89. The predicted molar refractivity (Wildman–Crippen MR) is 65.1 cm³/mol. The van der Waals surface area contributed by atoms with Crippen LogP contribution in [0.3, 0.4) is 0 Å². The van der Waals surface area contributed by atoms with Gasteiger partial charge in [0.05, 0.1) is 8.07 Å². The second-order valence-corrected chi connectivity index (χ2v) is 10.9. The number of hydrogen-bond acceptors (Lipinski definition) is 2. The van der Waals surface area contributed by atoms with Crippen molar-refractivity contribution in [1.82, 2.24) is 0 Å². The second-order valence-electron chi connectivity index (χ2n) is 5.86. The number of hydrogen-bond donors (Lipinski definition) is 2. The van der Waals surface area contributed by atoms with Crippen molar-refractivity contribution in [1.29, 1.82) is 0 Å². The molecule has 0 aliphatic rings. The first kappa shape index (κ1) is 14.9. The summed E-state index contributed by atoms with van der Waals surface area (Å²) in [6.45, 7) is 10.7. The predicted octanol–water partition coefficient (Wildman–Crippen LogP) is 2.38. The van der Waals surface area contributed by atoms with Crippen LogP contribution in [0.15, 0.2) is 10.8 Å². The van der Waals surface area contributed by atoms with Gasteiger partial charge in [-0.2, -0.15) is 0 Å². The summed E-state index contributed by atoms with van der Waals surface area (Å²) < 4.78 is 0. The van der Waals surface area contributed by atoms with Gasteiger partial charge in [0.15, 0.2) is 0 Å². The maximum Gasteiger partial charge on any atom is 0.332 e. The average Bonchev–Trinajstić information content (AvgIpc) is 1.92. The summed E-state index contributed by atoms with van der Waals surface area (Å²) in [5, 5.41) is 18.5. The molecule has 0 aromatic carbocycles. The maximum atomic E-state index is 11.3. The van der Waals surface area contributed by atoms with Gasteiger partial charge in [-0.1, -0.05) is 40.4 Å². The molecule has 0 aromatic heterocycles. The molecule has 0 fully saturated rings. The molecule has 4 nitrogen and oxygen atoms in total. The summed E-state index contributed by atoms with van der Waals surface area (Å²) in [7, 11) is -2.19. The van der Waals surface area contributed by atoms with Crippen molar-refractivity contribution in [2.45, 2.75) is 40.4 Å². The van der Waals surface area contributed by atoms with E-state index in [1.807, 2.05) is 19.6 Å². The molecule has 0 aliphatic carbocycles. The summed E-state index contributed by atoms with van der Waals surface area (Å²) >= 11 is 0. The Labute approximate surface area is 97.0 Å². The molecule has 0 amide bonds. The quantitative estimate of drug-likeness (QED) is 0.590. The van der Waals surface area contributed by atoms with E-state index >= 15 is 0 Å². The van der Waals surface area contributed by atoms with Crippen LogP contribution in [-0.4, -0.2) is 30.2 Å². The van der Waals surface area contributed by atoms with E-state index in [9.17, 15) is 19.8 Å². The van der Waals surface area contributed by atoms with Gasteiger partial charge in [-0.15, -0.1) is 0 Å². The van der Waals surface area contributed by atoms with Gasteiger partial charge in [-0.3, -0.25) is 0 Å². The largest absolute Gasteiger partial charge is 0.478 e. The van der Waals surface area contributed by atoms with Crippen LogP contribution >= 0.6 is 0 Å². The Kier molecular flexibility index (Phi) is 4.10. The second kappa shape index (κ2) is 4.41. The molecule has 0 heterocycles. The number of carboxylic acid groups (broad SMARTS) is 2. The average molecular weight is 244 g/mol. The van der Waals surface area contributed by atoms with Crippen molar-refractivity contribution in [2.75, 3.05) is 0 Å². The van der Waals surface area contributed by atoms with Gasteiger partial charge in [-0.25, -0.2) is 9.59 Å². The zero-order valence-electron chi connectivity index (χ0n) is 10.7. The number of carboxylic acids is 2. The molecule has 16 heavy (non-hydrogen) atoms. The molecule has 0 radical (unpaired) electrons. The molecule has 5 heteroatoms. The van der Waals surface area contributed by atoms with E-state index in [0.29, 0.717) is 0 Å². The molecule has 0 atom stereocenters. The van der Waals surface area contributed by atoms with Crippen LogP contribution in [0.4, 0.5) is 0 Å². The Morgan fingerprint density at radius 2 is 1.31 bits per heavy atom. The van der Waals surface area contributed by atoms with Crippen molar-refractivity contribution in [2.24, 2.45) is 5.41 Å². The third kappa shape index (κ3) is 3.48. The highest BCUT2D eigenvalue weighted by Gasteiger charge is 2.37. The molecular weight excluding hydrogens is 224 g/mol. The highest BCUT2D eigenvalue weighted by atomic mass is 28.3. The molecule has 92 valence electrons. The van der Waals surface area contributed by atoms with E-state index in [-0.39, 0.29) is 10.8 Å². The third-order valence-electron chi connectivity index (χ3n) is 2.18. The fraction of sp³-hybridized carbons (Fsp3) is 0.636. The van der Waals surface area contributed by atoms with Gasteiger partial charge in [0.1, 0.15) is 0 Å². The van der Waals surface area contributed by atoms with E-state index in [4.69, 9.17) is 0 Å². The molecule has 0 saturated heterocycles. The highest BCUT2D eigenvalue weighted by Crippen LogP contribution is 2.32. The fourth-order valence-electron chi connectivity index (χ4n) is 1.61. The topological polar surface area (TPSA) is 74.6 Å². The lowest BCUT2D eigenvalue weighted by Gasteiger charge is -2.27. The smallest absolute Gasteiger partial charge is 0.332 e. The van der Waals surface area contributed by atoms with E-state index in [1.54, 1.807) is 20.8 Å². The van der Waals surface area contributed by atoms with Crippen LogP contribution in [0, 0.1) is 5.41 Å². The van der Waals surface area contributed by atoms with Crippen molar-refractivity contribution >= 4 is 20.0 Å². The molecule has 0 aliphatic heterocycles. The van der Waals surface area contributed by atoms with Gasteiger partial charge < -0.3 is 10.2 Å². The first-order valence-electron chi connectivity index (χ1n) is 5.11. The molecule has 2 N–H and O–H groups in total. The minimum Gasteiger partial charge on any atom is -0.478 e. The van der Waals surface area contributed by atoms with Crippen molar-refractivity contribution < 1.29 is 19.8 Å². The van der Waals surface area contributed by atoms with E-state index in [0.717, 1.165) is 0 Å². The monoisotopic (exact) mass is 244 g/mol. The Bertz CT molecular complexity index is 308. The Hall–Kier alpha value is -1.10. The zero-order valence-corrected chi connectivity index (χ0v) is 11.7. The molecular formula is C11H20O4Si. The van der Waals surface area contributed by atoms with E-state index in [2.05, 4.69) is 0 Å². The minimum absolute atomic E-state index is 0.0270. The highest BCUT2D eigenvalue weighted by molar-refractivity contribution is 6.87. The number of carbonyl (C=O) groups is 2. The normalized spacial score (nSPS) is 14.4. The number of aliphatic carboxylic acids is 2. The van der Waals surface area contributed by atoms with Gasteiger partial charge >= 0.3 is 11.9 Å². The molecule has 0 bridgehead atoms. The summed E-state index contributed by atoms with van der Waals surface area (Å²) in [5.74, 6) is -2.24. The van der Waals surface area contributed by atoms with Crippen molar-refractivity contribution in [3.8, 4) is 0 Å². The van der Waals surface area contributed by atoms with E-state index in [1.165, 1.54) is 0 Å². The van der Waals surface area contributed by atoms with Gasteiger partial charge in [0.25, 0.3) is 0 Å². The first-order valence-corrected chi connectivity index (χ1v) is 8.61. The van der Waals surface area contributed by atoms with Gasteiger partial charge in [0, 0.05) is 10.8 Å². The maximum absolute atomic E-state index is 11.3.